The molecule has 0 bridgehead atoms. The van der Waals surface area contributed by atoms with Gasteiger partial charge in [0.25, 0.3) is 0 Å². The molecule has 0 saturated heterocycles. The molecule has 1 amide bonds. The van der Waals surface area contributed by atoms with E-state index in [4.69, 9.17) is 23.2 Å². The fraction of sp³-hybridized carbons (Fsp3) is 0.476. The van der Waals surface area contributed by atoms with E-state index in [1.807, 2.05) is 55.3 Å². The molecule has 5 heteroatoms. The van der Waals surface area contributed by atoms with Gasteiger partial charge in [-0.05, 0) is 44.0 Å². The van der Waals surface area contributed by atoms with E-state index < -0.39 is 5.41 Å². The van der Waals surface area contributed by atoms with Crippen LogP contribution >= 0.6 is 23.2 Å². The highest BCUT2D eigenvalue weighted by Gasteiger charge is 2.31. The van der Waals surface area contributed by atoms with Crippen LogP contribution in [0.2, 0.25) is 5.02 Å². The van der Waals surface area contributed by atoms with Crippen LogP contribution in [-0.4, -0.2) is 27.8 Å². The number of amides is 1. The Morgan fingerprint density at radius 1 is 1.19 bits per heavy atom. The highest BCUT2D eigenvalue weighted by Crippen LogP contribution is 2.23. The van der Waals surface area contributed by atoms with Gasteiger partial charge in [-0.1, -0.05) is 43.1 Å². The van der Waals surface area contributed by atoms with E-state index in [1.165, 1.54) is 0 Å². The minimum absolute atomic E-state index is 0.103. The van der Waals surface area contributed by atoms with Crippen LogP contribution < -0.4 is 0 Å². The van der Waals surface area contributed by atoms with Gasteiger partial charge in [0, 0.05) is 35.9 Å². The van der Waals surface area contributed by atoms with Crippen molar-refractivity contribution in [1.29, 1.82) is 0 Å². The van der Waals surface area contributed by atoms with Crippen molar-refractivity contribution in [1.82, 2.24) is 9.47 Å². The summed E-state index contributed by atoms with van der Waals surface area (Å²) in [5, 5.41) is 0.759. The predicted molar refractivity (Wildman–Crippen MR) is 110 cm³/mol. The third-order valence-electron chi connectivity index (χ3n) is 4.56. The van der Waals surface area contributed by atoms with Crippen molar-refractivity contribution >= 4 is 29.1 Å². The smallest absolute Gasteiger partial charge is 0.229 e. The van der Waals surface area contributed by atoms with Gasteiger partial charge in [-0.15, -0.1) is 11.6 Å². The number of nitrogens with zero attached hydrogens (tertiary/aromatic N) is 2. The molecule has 0 aliphatic rings. The number of hydrogen-bond donors (Lipinski definition) is 0. The van der Waals surface area contributed by atoms with Crippen molar-refractivity contribution in [3.05, 3.63) is 58.9 Å². The Bertz CT molecular complexity index is 724. The second-order valence-electron chi connectivity index (χ2n) is 7.32. The Morgan fingerprint density at radius 3 is 2.58 bits per heavy atom. The Balaban J connectivity index is 2.20. The van der Waals surface area contributed by atoms with Crippen LogP contribution in [0.15, 0.2) is 42.6 Å². The molecule has 0 spiro atoms. The maximum Gasteiger partial charge on any atom is 0.229 e. The maximum atomic E-state index is 13.0. The number of alkyl halides is 1. The van der Waals surface area contributed by atoms with Gasteiger partial charge in [0.2, 0.25) is 5.91 Å². The minimum Gasteiger partial charge on any atom is -0.345 e. The van der Waals surface area contributed by atoms with Crippen LogP contribution in [0.25, 0.3) is 0 Å². The molecule has 1 aromatic carbocycles. The lowest BCUT2D eigenvalue weighted by molar-refractivity contribution is -0.140. The monoisotopic (exact) mass is 394 g/mol. The lowest BCUT2D eigenvalue weighted by Gasteiger charge is -2.31. The van der Waals surface area contributed by atoms with Crippen molar-refractivity contribution < 1.29 is 4.79 Å². The first-order valence-electron chi connectivity index (χ1n) is 9.11. The van der Waals surface area contributed by atoms with Gasteiger partial charge < -0.3 is 9.47 Å². The number of carbonyl (C=O) groups is 1. The second-order valence-corrected chi connectivity index (χ2v) is 7.99. The zero-order valence-electron chi connectivity index (χ0n) is 15.8. The van der Waals surface area contributed by atoms with Crippen molar-refractivity contribution in [2.75, 3.05) is 12.4 Å². The molecule has 0 aliphatic carbocycles. The van der Waals surface area contributed by atoms with Gasteiger partial charge in [-0.25, -0.2) is 0 Å². The summed E-state index contributed by atoms with van der Waals surface area (Å²) < 4.78 is 2.15. The molecule has 26 heavy (non-hydrogen) atoms. The molecule has 0 fully saturated rings. The summed E-state index contributed by atoms with van der Waals surface area (Å²) in [4.78, 5) is 14.9. The quantitative estimate of drug-likeness (QED) is 0.509. The van der Waals surface area contributed by atoms with Crippen LogP contribution in [0.1, 0.15) is 44.9 Å². The summed E-state index contributed by atoms with van der Waals surface area (Å²) in [7, 11) is 0. The topological polar surface area (TPSA) is 25.2 Å². The average molecular weight is 395 g/mol. The SMILES string of the molecule is CCCCN(Cc1cccn1Cc1ccccc1Cl)C(=O)C(C)(C)CCl. The first-order chi connectivity index (χ1) is 12.4. The average Bonchev–Trinajstić information content (AvgIpc) is 3.06. The van der Waals surface area contributed by atoms with Crippen molar-refractivity contribution in [3.8, 4) is 0 Å². The summed E-state index contributed by atoms with van der Waals surface area (Å²) in [6.45, 7) is 7.96. The molecule has 0 aliphatic heterocycles. The third kappa shape index (κ3) is 5.28. The van der Waals surface area contributed by atoms with E-state index in [2.05, 4.69) is 17.6 Å². The first kappa shape index (κ1) is 20.9. The molecule has 1 aromatic heterocycles. The van der Waals surface area contributed by atoms with Crippen LogP contribution in [0, 0.1) is 5.41 Å². The van der Waals surface area contributed by atoms with Gasteiger partial charge in [-0.3, -0.25) is 4.79 Å². The van der Waals surface area contributed by atoms with Gasteiger partial charge in [0.1, 0.15) is 0 Å². The van der Waals surface area contributed by atoms with E-state index in [9.17, 15) is 4.79 Å². The van der Waals surface area contributed by atoms with E-state index >= 15 is 0 Å². The van der Waals surface area contributed by atoms with Gasteiger partial charge in [0.15, 0.2) is 0 Å². The molecule has 0 unspecified atom stereocenters. The summed E-state index contributed by atoms with van der Waals surface area (Å²) in [6.07, 6.45) is 4.06. The molecule has 0 radical (unpaired) electrons. The van der Waals surface area contributed by atoms with Crippen molar-refractivity contribution in [2.45, 2.75) is 46.7 Å². The van der Waals surface area contributed by atoms with Crippen LogP contribution in [0.4, 0.5) is 0 Å². The first-order valence-corrected chi connectivity index (χ1v) is 10.0. The Hall–Kier alpha value is -1.45. The molecule has 2 aromatic rings. The largest absolute Gasteiger partial charge is 0.345 e. The van der Waals surface area contributed by atoms with E-state index in [1.54, 1.807) is 0 Å². The van der Waals surface area contributed by atoms with Crippen molar-refractivity contribution in [3.63, 3.8) is 0 Å². The third-order valence-corrected chi connectivity index (χ3v) is 5.59. The predicted octanol–water partition coefficient (Wildman–Crippen LogP) is 5.58. The highest BCUT2D eigenvalue weighted by molar-refractivity contribution is 6.31. The number of rotatable bonds is 9. The Kier molecular flexibility index (Phi) is 7.60. The molecule has 0 atom stereocenters. The molecule has 3 nitrogen and oxygen atoms in total. The zero-order chi connectivity index (χ0) is 19.2. The number of carbonyl (C=O) groups excluding carboxylic acids is 1. The summed E-state index contributed by atoms with van der Waals surface area (Å²) in [5.74, 6) is 0.418. The zero-order valence-corrected chi connectivity index (χ0v) is 17.4. The lowest BCUT2D eigenvalue weighted by Crippen LogP contribution is -2.42. The maximum absolute atomic E-state index is 13.0. The van der Waals surface area contributed by atoms with E-state index in [-0.39, 0.29) is 5.91 Å². The number of hydrogen-bond acceptors (Lipinski definition) is 1. The van der Waals surface area contributed by atoms with Gasteiger partial charge >= 0.3 is 0 Å². The van der Waals surface area contributed by atoms with Gasteiger partial charge in [0.05, 0.1) is 12.0 Å². The highest BCUT2D eigenvalue weighted by atomic mass is 35.5. The van der Waals surface area contributed by atoms with Crippen LogP contribution in [0.5, 0.6) is 0 Å². The number of aromatic nitrogens is 1. The molecule has 142 valence electrons. The standard InChI is InChI=1S/C21H28Cl2N2O/c1-4-5-12-25(20(26)21(2,3)16-22)15-18-10-8-13-24(18)14-17-9-6-7-11-19(17)23/h6-11,13H,4-5,12,14-16H2,1-3H3. The molecular weight excluding hydrogens is 367 g/mol. The lowest BCUT2D eigenvalue weighted by atomic mass is 9.94. The van der Waals surface area contributed by atoms with Crippen LogP contribution in [-0.2, 0) is 17.9 Å². The molecule has 0 N–H and O–H groups in total. The molecule has 2 rings (SSSR count). The normalized spacial score (nSPS) is 11.6. The molecular formula is C21H28Cl2N2O. The number of benzene rings is 1. The minimum atomic E-state index is -0.560. The summed E-state index contributed by atoms with van der Waals surface area (Å²) >= 11 is 12.3. The van der Waals surface area contributed by atoms with E-state index in [0.717, 1.165) is 35.7 Å². The fourth-order valence-corrected chi connectivity index (χ4v) is 3.15. The fourth-order valence-electron chi connectivity index (χ4n) is 2.84. The number of unbranched alkanes of at least 4 members (excludes halogenated alkanes) is 1. The van der Waals surface area contributed by atoms with Gasteiger partial charge in [-0.2, -0.15) is 0 Å². The van der Waals surface area contributed by atoms with Crippen molar-refractivity contribution in [2.24, 2.45) is 5.41 Å². The summed E-state index contributed by atoms with van der Waals surface area (Å²) in [6, 6.07) is 11.9. The number of halogens is 2. The Labute approximate surface area is 166 Å². The summed E-state index contributed by atoms with van der Waals surface area (Å²) in [5.41, 5.74) is 1.61. The molecule has 0 saturated carbocycles. The Morgan fingerprint density at radius 2 is 1.92 bits per heavy atom. The molecule has 1 heterocycles. The van der Waals surface area contributed by atoms with E-state index in [0.29, 0.717) is 19.0 Å². The van der Waals surface area contributed by atoms with Crippen LogP contribution in [0.3, 0.4) is 0 Å². The second kappa shape index (κ2) is 9.48.